The molecule has 0 aromatic carbocycles. The third-order valence-electron chi connectivity index (χ3n) is 1.55. The number of hydrogen-bond donors (Lipinski definition) is 1. The van der Waals surface area contributed by atoms with Crippen LogP contribution in [0.3, 0.4) is 0 Å². The highest BCUT2D eigenvalue weighted by Gasteiger charge is 2.15. The van der Waals surface area contributed by atoms with Crippen LogP contribution in [0.1, 0.15) is 10.4 Å². The third kappa shape index (κ3) is 1.74. The van der Waals surface area contributed by atoms with Gasteiger partial charge in [-0.3, -0.25) is 4.79 Å². The van der Waals surface area contributed by atoms with Gasteiger partial charge < -0.3 is 10.6 Å². The van der Waals surface area contributed by atoms with Crippen LogP contribution >= 0.6 is 0 Å². The summed E-state index contributed by atoms with van der Waals surface area (Å²) in [6.07, 6.45) is 1.30. The molecular formula is C8H10FN3O. The Labute approximate surface area is 75.2 Å². The molecule has 1 aromatic rings. The average molecular weight is 183 g/mol. The largest absolute Gasteiger partial charge is 0.381 e. The topological polar surface area (TPSA) is 59.2 Å². The van der Waals surface area contributed by atoms with Crippen molar-refractivity contribution in [3.05, 3.63) is 23.6 Å². The van der Waals surface area contributed by atoms with Crippen molar-refractivity contribution in [2.75, 3.05) is 19.8 Å². The summed E-state index contributed by atoms with van der Waals surface area (Å²) >= 11 is 0. The van der Waals surface area contributed by atoms with Crippen LogP contribution in [0.15, 0.2) is 12.3 Å². The molecule has 0 aliphatic carbocycles. The highest BCUT2D eigenvalue weighted by molar-refractivity contribution is 5.94. The normalized spacial score (nSPS) is 9.77. The Morgan fingerprint density at radius 2 is 2.23 bits per heavy atom. The van der Waals surface area contributed by atoms with Gasteiger partial charge in [-0.2, -0.15) is 0 Å². The number of carbonyl (C=O) groups excluding carboxylic acids is 1. The molecule has 0 fully saturated rings. The van der Waals surface area contributed by atoms with Crippen LogP contribution in [-0.2, 0) is 0 Å². The van der Waals surface area contributed by atoms with Gasteiger partial charge in [-0.25, -0.2) is 9.37 Å². The second-order valence-electron chi connectivity index (χ2n) is 2.76. The molecule has 1 heterocycles. The highest BCUT2D eigenvalue weighted by Crippen LogP contribution is 2.12. The Balaban J connectivity index is 3.15. The van der Waals surface area contributed by atoms with Crippen molar-refractivity contribution >= 4 is 11.7 Å². The second-order valence-corrected chi connectivity index (χ2v) is 2.76. The lowest BCUT2D eigenvalue weighted by molar-refractivity contribution is 0.0823. The van der Waals surface area contributed by atoms with Crippen molar-refractivity contribution in [1.29, 1.82) is 0 Å². The standard InChI is InChI=1S/C8H10FN3O/c1-12(2)8(13)5-3-4-11-7(10)6(5)9/h3-4H,1-2H3,(H2,10,11). The summed E-state index contributed by atoms with van der Waals surface area (Å²) in [4.78, 5) is 16.1. The Bertz CT molecular complexity index is 338. The van der Waals surface area contributed by atoms with Crippen LogP contribution in [0.2, 0.25) is 0 Å². The summed E-state index contributed by atoms with van der Waals surface area (Å²) in [5, 5.41) is 0. The van der Waals surface area contributed by atoms with Crippen LogP contribution in [0.25, 0.3) is 0 Å². The first-order chi connectivity index (χ1) is 6.04. The smallest absolute Gasteiger partial charge is 0.256 e. The molecule has 0 aliphatic heterocycles. The van der Waals surface area contributed by atoms with Gasteiger partial charge in [-0.05, 0) is 6.07 Å². The predicted octanol–water partition coefficient (Wildman–Crippen LogP) is 0.505. The van der Waals surface area contributed by atoms with E-state index < -0.39 is 11.7 Å². The van der Waals surface area contributed by atoms with E-state index in [1.54, 1.807) is 14.1 Å². The summed E-state index contributed by atoms with van der Waals surface area (Å²) in [7, 11) is 3.08. The molecule has 1 rings (SSSR count). The minimum atomic E-state index is -0.763. The fraction of sp³-hybridized carbons (Fsp3) is 0.250. The zero-order valence-corrected chi connectivity index (χ0v) is 7.41. The molecule has 0 aliphatic rings. The molecule has 0 spiro atoms. The van der Waals surface area contributed by atoms with E-state index in [4.69, 9.17) is 5.73 Å². The van der Waals surface area contributed by atoms with E-state index in [0.717, 1.165) is 0 Å². The van der Waals surface area contributed by atoms with Gasteiger partial charge in [0, 0.05) is 20.3 Å². The fourth-order valence-corrected chi connectivity index (χ4v) is 0.866. The number of nitrogens with zero attached hydrogens (tertiary/aromatic N) is 2. The van der Waals surface area contributed by atoms with E-state index in [0.29, 0.717) is 0 Å². The molecule has 13 heavy (non-hydrogen) atoms. The molecule has 2 N–H and O–H groups in total. The Kier molecular flexibility index (Phi) is 2.46. The number of rotatable bonds is 1. The van der Waals surface area contributed by atoms with E-state index in [9.17, 15) is 9.18 Å². The first-order valence-corrected chi connectivity index (χ1v) is 3.65. The van der Waals surface area contributed by atoms with E-state index in [-0.39, 0.29) is 11.4 Å². The van der Waals surface area contributed by atoms with Crippen molar-refractivity contribution in [3.63, 3.8) is 0 Å². The van der Waals surface area contributed by atoms with Crippen LogP contribution in [0.4, 0.5) is 10.2 Å². The fourth-order valence-electron chi connectivity index (χ4n) is 0.866. The van der Waals surface area contributed by atoms with Crippen molar-refractivity contribution in [2.24, 2.45) is 0 Å². The summed E-state index contributed by atoms with van der Waals surface area (Å²) in [5.74, 6) is -1.44. The first kappa shape index (κ1) is 9.44. The highest BCUT2D eigenvalue weighted by atomic mass is 19.1. The molecule has 0 atom stereocenters. The first-order valence-electron chi connectivity index (χ1n) is 3.65. The number of amides is 1. The lowest BCUT2D eigenvalue weighted by atomic mass is 10.2. The van der Waals surface area contributed by atoms with E-state index in [1.165, 1.54) is 17.2 Å². The summed E-state index contributed by atoms with van der Waals surface area (Å²) in [6, 6.07) is 1.30. The number of pyridine rings is 1. The van der Waals surface area contributed by atoms with Gasteiger partial charge in [0.2, 0.25) is 0 Å². The average Bonchev–Trinajstić information content (AvgIpc) is 2.08. The molecule has 1 amide bonds. The number of nitrogens with two attached hydrogens (primary N) is 1. The number of halogens is 1. The van der Waals surface area contributed by atoms with Gasteiger partial charge in [0.1, 0.15) is 0 Å². The number of hydrogen-bond acceptors (Lipinski definition) is 3. The quantitative estimate of drug-likeness (QED) is 0.689. The third-order valence-corrected chi connectivity index (χ3v) is 1.55. The van der Waals surface area contributed by atoms with E-state index in [1.807, 2.05) is 0 Å². The van der Waals surface area contributed by atoms with Crippen LogP contribution < -0.4 is 5.73 Å². The van der Waals surface area contributed by atoms with E-state index in [2.05, 4.69) is 4.98 Å². The zero-order chi connectivity index (χ0) is 10.0. The Morgan fingerprint density at radius 1 is 1.62 bits per heavy atom. The molecule has 1 aromatic heterocycles. The molecule has 0 bridgehead atoms. The van der Waals surface area contributed by atoms with Crippen molar-refractivity contribution in [2.45, 2.75) is 0 Å². The number of anilines is 1. The molecule has 0 unspecified atom stereocenters. The summed E-state index contributed by atoms with van der Waals surface area (Å²) < 4.78 is 13.2. The van der Waals surface area contributed by atoms with Gasteiger partial charge >= 0.3 is 0 Å². The molecule has 4 nitrogen and oxygen atoms in total. The van der Waals surface area contributed by atoms with Crippen LogP contribution in [-0.4, -0.2) is 29.9 Å². The minimum absolute atomic E-state index is 0.0579. The summed E-state index contributed by atoms with van der Waals surface area (Å²) in [6.45, 7) is 0. The van der Waals surface area contributed by atoms with Crippen LogP contribution in [0, 0.1) is 5.82 Å². The lowest BCUT2D eigenvalue weighted by Gasteiger charge is -2.10. The van der Waals surface area contributed by atoms with Crippen molar-refractivity contribution < 1.29 is 9.18 Å². The van der Waals surface area contributed by atoms with Crippen LogP contribution in [0.5, 0.6) is 0 Å². The van der Waals surface area contributed by atoms with Gasteiger partial charge in [-0.1, -0.05) is 0 Å². The molecule has 0 saturated heterocycles. The summed E-state index contributed by atoms with van der Waals surface area (Å²) in [5.41, 5.74) is 5.14. The Morgan fingerprint density at radius 3 is 2.77 bits per heavy atom. The van der Waals surface area contributed by atoms with E-state index >= 15 is 0 Å². The van der Waals surface area contributed by atoms with Gasteiger partial charge in [0.05, 0.1) is 5.56 Å². The maximum Gasteiger partial charge on any atom is 0.256 e. The number of aromatic nitrogens is 1. The number of carbonyl (C=O) groups is 1. The maximum atomic E-state index is 13.2. The molecular weight excluding hydrogens is 173 g/mol. The Hall–Kier alpha value is -1.65. The molecule has 5 heteroatoms. The SMILES string of the molecule is CN(C)C(=O)c1ccnc(N)c1F. The van der Waals surface area contributed by atoms with Gasteiger partial charge in [0.15, 0.2) is 11.6 Å². The van der Waals surface area contributed by atoms with Gasteiger partial charge in [0.25, 0.3) is 5.91 Å². The molecule has 0 saturated carbocycles. The maximum absolute atomic E-state index is 13.2. The molecule has 70 valence electrons. The van der Waals surface area contributed by atoms with Gasteiger partial charge in [-0.15, -0.1) is 0 Å². The van der Waals surface area contributed by atoms with Crippen molar-refractivity contribution in [1.82, 2.24) is 9.88 Å². The lowest BCUT2D eigenvalue weighted by Crippen LogP contribution is -2.23. The van der Waals surface area contributed by atoms with Crippen molar-refractivity contribution in [3.8, 4) is 0 Å². The zero-order valence-electron chi connectivity index (χ0n) is 7.41. The monoisotopic (exact) mass is 183 g/mol. The molecule has 0 radical (unpaired) electrons. The number of nitrogen functional groups attached to an aromatic ring is 1. The second kappa shape index (κ2) is 3.38. The minimum Gasteiger partial charge on any atom is -0.381 e. The predicted molar refractivity (Wildman–Crippen MR) is 46.6 cm³/mol.